The highest BCUT2D eigenvalue weighted by molar-refractivity contribution is 7.20. The van der Waals surface area contributed by atoms with Gasteiger partial charge in [-0.05, 0) is 48.3 Å². The molecule has 3 aliphatic heterocycles. The molecular formula is C42H48N10O6S. The molecule has 2 aromatic carbocycles. The molecule has 2 fully saturated rings. The highest BCUT2D eigenvalue weighted by Crippen LogP contribution is 2.35. The number of benzene rings is 2. The lowest BCUT2D eigenvalue weighted by molar-refractivity contribution is -0.136. The van der Waals surface area contributed by atoms with E-state index in [0.717, 1.165) is 63.9 Å². The molecule has 1 unspecified atom stereocenters. The SMILES string of the molecule is COC(=O)N[C@H](C(=O)N1CCC[C@H]1c1ncc(-c2ccc(-c3cn4cc(C5=NC[C@@H](C6CCCN6C(=O)[C@H](NC(=O)OC)c6ccccc6)N5)nc4s3)cc2)[nH]1)C(C)C. The maximum atomic E-state index is 13.9. The first-order valence-corrected chi connectivity index (χ1v) is 20.7. The van der Waals surface area contributed by atoms with E-state index < -0.39 is 24.3 Å². The number of hydrogen-bond donors (Lipinski definition) is 4. The van der Waals surface area contributed by atoms with Gasteiger partial charge in [-0.3, -0.25) is 19.0 Å². The zero-order chi connectivity index (χ0) is 41.2. The van der Waals surface area contributed by atoms with E-state index in [-0.39, 0.29) is 35.9 Å². The van der Waals surface area contributed by atoms with Gasteiger partial charge in [-0.1, -0.05) is 79.8 Å². The molecule has 0 aliphatic carbocycles. The molecule has 4 amide bonds. The van der Waals surface area contributed by atoms with E-state index in [1.165, 1.54) is 14.2 Å². The van der Waals surface area contributed by atoms with E-state index >= 15 is 0 Å². The second kappa shape index (κ2) is 16.9. The molecule has 5 aromatic rings. The lowest BCUT2D eigenvalue weighted by Crippen LogP contribution is -2.52. The fraction of sp³-hybridized carbons (Fsp3) is 0.405. The van der Waals surface area contributed by atoms with E-state index in [2.05, 4.69) is 56.4 Å². The molecule has 5 atom stereocenters. The van der Waals surface area contributed by atoms with Crippen molar-refractivity contribution in [2.75, 3.05) is 33.9 Å². The summed E-state index contributed by atoms with van der Waals surface area (Å²) in [6, 6.07) is 15.5. The number of aliphatic imine (C=N–C) groups is 1. The Morgan fingerprint density at radius 3 is 2.31 bits per heavy atom. The number of fused-ring (bicyclic) bond motifs is 1. The van der Waals surface area contributed by atoms with Crippen LogP contribution in [0.15, 0.2) is 78.2 Å². The summed E-state index contributed by atoms with van der Waals surface area (Å²) in [6.45, 7) is 5.49. The van der Waals surface area contributed by atoms with Gasteiger partial charge in [0.05, 0.1) is 55.7 Å². The molecule has 0 spiro atoms. The molecule has 17 heteroatoms. The average molecular weight is 821 g/mol. The molecule has 0 radical (unpaired) electrons. The predicted molar refractivity (Wildman–Crippen MR) is 222 cm³/mol. The van der Waals surface area contributed by atoms with E-state index in [4.69, 9.17) is 19.5 Å². The van der Waals surface area contributed by atoms with Crippen molar-refractivity contribution in [3.8, 4) is 21.7 Å². The van der Waals surface area contributed by atoms with Gasteiger partial charge < -0.3 is 40.2 Å². The third-order valence-corrected chi connectivity index (χ3v) is 12.4. The Labute approximate surface area is 345 Å². The van der Waals surface area contributed by atoms with Gasteiger partial charge in [-0.2, -0.15) is 0 Å². The largest absolute Gasteiger partial charge is 0.453 e. The van der Waals surface area contributed by atoms with Crippen LogP contribution >= 0.6 is 11.3 Å². The number of carbonyl (C=O) groups is 4. The number of hydrogen-bond acceptors (Lipinski definition) is 11. The molecule has 308 valence electrons. The second-order valence-electron chi connectivity index (χ2n) is 15.4. The minimum absolute atomic E-state index is 0.0853. The standard InChI is InChI=1S/C42H48N10O6S/c1-24(2)34(48-41(55)57-3)38(53)52-19-9-13-32(52)37-44-20-28(45-37)25-14-16-26(17-15-25)33-23-50-22-30(47-40(50)59-33)36-43-21-29(46-36)31-12-8-18-51(31)39(54)35(49-42(56)58-4)27-10-6-5-7-11-27/h5-7,10-11,14-17,20,22-24,29,31-32,34-35H,8-9,12-13,18-19,21H2,1-4H3,(H,43,46)(H,44,45)(H,48,55)(H,49,56)/t29-,31?,32-,34-,35+/m0/s1. The van der Waals surface area contributed by atoms with Gasteiger partial charge >= 0.3 is 12.2 Å². The first kappa shape index (κ1) is 39.6. The van der Waals surface area contributed by atoms with Gasteiger partial charge in [-0.25, -0.2) is 19.6 Å². The third kappa shape index (κ3) is 8.11. The lowest BCUT2D eigenvalue weighted by Gasteiger charge is -2.32. The zero-order valence-corrected chi connectivity index (χ0v) is 34.2. The topological polar surface area (TPSA) is 188 Å². The Bertz CT molecular complexity index is 2320. The number of thiazole rings is 1. The fourth-order valence-electron chi connectivity index (χ4n) is 8.29. The average Bonchev–Trinajstić information content (AvgIpc) is 4.10. The minimum Gasteiger partial charge on any atom is -0.453 e. The van der Waals surface area contributed by atoms with Crippen LogP contribution in [0.5, 0.6) is 0 Å². The molecular weight excluding hydrogens is 773 g/mol. The van der Waals surface area contributed by atoms with Crippen LogP contribution < -0.4 is 16.0 Å². The minimum atomic E-state index is -0.857. The quantitative estimate of drug-likeness (QED) is 0.137. The first-order valence-electron chi connectivity index (χ1n) is 19.9. The lowest BCUT2D eigenvalue weighted by atomic mass is 10.0. The van der Waals surface area contributed by atoms with Crippen molar-refractivity contribution in [1.29, 1.82) is 0 Å². The summed E-state index contributed by atoms with van der Waals surface area (Å²) in [6.07, 6.45) is 7.85. The summed E-state index contributed by atoms with van der Waals surface area (Å²) in [5.41, 5.74) is 4.31. The van der Waals surface area contributed by atoms with Crippen molar-refractivity contribution in [2.24, 2.45) is 10.9 Å². The molecule has 6 heterocycles. The van der Waals surface area contributed by atoms with Crippen molar-refractivity contribution in [2.45, 2.75) is 69.7 Å². The summed E-state index contributed by atoms with van der Waals surface area (Å²) in [5.74, 6) is 0.994. The number of alkyl carbamates (subject to hydrolysis) is 2. The van der Waals surface area contributed by atoms with Crippen LogP contribution in [-0.2, 0) is 19.1 Å². The Hall–Kier alpha value is -6.23. The van der Waals surface area contributed by atoms with Crippen LogP contribution in [0.25, 0.3) is 26.7 Å². The first-order chi connectivity index (χ1) is 28.6. The van der Waals surface area contributed by atoms with Gasteiger partial charge in [0.2, 0.25) is 11.8 Å². The number of ether oxygens (including phenoxy) is 2. The van der Waals surface area contributed by atoms with Crippen LogP contribution in [0.2, 0.25) is 0 Å². The number of H-pyrrole nitrogens is 1. The number of aromatic nitrogens is 4. The number of methoxy groups -OCH3 is 2. The Kier molecular flexibility index (Phi) is 11.4. The molecule has 3 aromatic heterocycles. The Morgan fingerprint density at radius 2 is 1.58 bits per heavy atom. The molecule has 0 bridgehead atoms. The summed E-state index contributed by atoms with van der Waals surface area (Å²) in [5, 5.41) is 8.98. The summed E-state index contributed by atoms with van der Waals surface area (Å²) >= 11 is 1.58. The monoisotopic (exact) mass is 820 g/mol. The molecule has 3 aliphatic rings. The fourth-order valence-corrected chi connectivity index (χ4v) is 9.26. The highest BCUT2D eigenvalue weighted by atomic mass is 32.1. The summed E-state index contributed by atoms with van der Waals surface area (Å²) in [7, 11) is 2.58. The van der Waals surface area contributed by atoms with Gasteiger partial charge in [-0.15, -0.1) is 0 Å². The van der Waals surface area contributed by atoms with Crippen molar-refractivity contribution in [1.82, 2.24) is 45.1 Å². The van der Waals surface area contributed by atoms with Gasteiger partial charge in [0.25, 0.3) is 0 Å². The van der Waals surface area contributed by atoms with E-state index in [1.54, 1.807) is 22.4 Å². The number of aromatic amines is 1. The van der Waals surface area contributed by atoms with E-state index in [9.17, 15) is 19.2 Å². The second-order valence-corrected chi connectivity index (χ2v) is 16.4. The number of nitrogens with one attached hydrogen (secondary N) is 4. The van der Waals surface area contributed by atoms with Gasteiger partial charge in [0, 0.05) is 25.5 Å². The summed E-state index contributed by atoms with van der Waals surface area (Å²) < 4.78 is 11.6. The molecule has 59 heavy (non-hydrogen) atoms. The number of likely N-dealkylation sites (tertiary alicyclic amines) is 2. The highest BCUT2D eigenvalue weighted by Gasteiger charge is 2.41. The molecule has 0 saturated carbocycles. The number of rotatable bonds is 11. The number of imidazole rings is 2. The Balaban J connectivity index is 0.906. The van der Waals surface area contributed by atoms with Crippen LogP contribution in [0.1, 0.15) is 68.7 Å². The molecule has 2 saturated heterocycles. The maximum absolute atomic E-state index is 13.9. The number of nitrogens with zero attached hydrogens (tertiary/aromatic N) is 6. The number of amidine groups is 1. The van der Waals surface area contributed by atoms with Crippen LogP contribution in [0.4, 0.5) is 9.59 Å². The summed E-state index contributed by atoms with van der Waals surface area (Å²) in [4.78, 5) is 75.1. The van der Waals surface area contributed by atoms with E-state index in [0.29, 0.717) is 31.0 Å². The van der Waals surface area contributed by atoms with E-state index in [1.807, 2.05) is 59.7 Å². The van der Waals surface area contributed by atoms with Crippen LogP contribution in [-0.4, -0.2) is 111 Å². The molecule has 4 N–H and O–H groups in total. The van der Waals surface area contributed by atoms with Crippen LogP contribution in [0.3, 0.4) is 0 Å². The van der Waals surface area contributed by atoms with Crippen molar-refractivity contribution < 1.29 is 28.7 Å². The van der Waals surface area contributed by atoms with Crippen LogP contribution in [0, 0.1) is 5.92 Å². The number of carbonyl (C=O) groups excluding carboxylic acids is 4. The van der Waals surface area contributed by atoms with Gasteiger partial charge in [0.15, 0.2) is 4.96 Å². The normalized spacial score (nSPS) is 20.0. The number of amides is 4. The van der Waals surface area contributed by atoms with Crippen molar-refractivity contribution in [3.63, 3.8) is 0 Å². The molecule has 8 rings (SSSR count). The zero-order valence-electron chi connectivity index (χ0n) is 33.4. The van der Waals surface area contributed by atoms with Gasteiger partial charge in [0.1, 0.15) is 29.4 Å². The predicted octanol–water partition coefficient (Wildman–Crippen LogP) is 5.30. The smallest absolute Gasteiger partial charge is 0.407 e. The third-order valence-electron chi connectivity index (χ3n) is 11.4. The van der Waals surface area contributed by atoms with Crippen molar-refractivity contribution >= 4 is 46.1 Å². The maximum Gasteiger partial charge on any atom is 0.407 e. The Morgan fingerprint density at radius 1 is 0.864 bits per heavy atom. The van der Waals surface area contributed by atoms with Crippen molar-refractivity contribution in [3.05, 3.63) is 90.3 Å². The molecule has 16 nitrogen and oxygen atoms in total.